The lowest BCUT2D eigenvalue weighted by Crippen LogP contribution is -2.39. The number of aliphatic hydroxyl groups excluding tert-OH is 1. The number of rotatable bonds is 3. The van der Waals surface area contributed by atoms with E-state index in [2.05, 4.69) is 5.32 Å². The topological polar surface area (TPSA) is 49.3 Å². The Morgan fingerprint density at radius 1 is 1.73 bits per heavy atom. The second-order valence-corrected chi connectivity index (χ2v) is 3.19. The van der Waals surface area contributed by atoms with Gasteiger partial charge in [-0.05, 0) is 19.4 Å². The van der Waals surface area contributed by atoms with Gasteiger partial charge in [0, 0.05) is 12.0 Å². The first-order valence-electron chi connectivity index (χ1n) is 4.12. The van der Waals surface area contributed by atoms with Gasteiger partial charge in [0.05, 0.1) is 6.10 Å². The number of carbonyl (C=O) groups is 1. The van der Waals surface area contributed by atoms with E-state index in [9.17, 15) is 9.90 Å². The zero-order valence-electron chi connectivity index (χ0n) is 6.79. The molecule has 2 N–H and O–H groups in total. The molecule has 0 radical (unpaired) electrons. The number of carbonyl (C=O) groups excluding carboxylic acids is 1. The third kappa shape index (κ3) is 2.01. The molecule has 1 rings (SSSR count). The standard InChI is InChI=1S/C8H15NO2/c1-6(5-10)8(11)7-3-2-4-9-7/h5-9,11H,2-4H2,1H3/t6-,7-,8+/m0/s1. The second kappa shape index (κ2) is 3.83. The van der Waals surface area contributed by atoms with Crippen molar-refractivity contribution in [2.24, 2.45) is 5.92 Å². The maximum Gasteiger partial charge on any atom is 0.125 e. The summed E-state index contributed by atoms with van der Waals surface area (Å²) in [5.41, 5.74) is 0. The van der Waals surface area contributed by atoms with Crippen molar-refractivity contribution in [3.63, 3.8) is 0 Å². The van der Waals surface area contributed by atoms with E-state index in [1.165, 1.54) is 0 Å². The molecule has 3 nitrogen and oxygen atoms in total. The molecule has 0 saturated carbocycles. The number of nitrogens with one attached hydrogen (secondary N) is 1. The fraction of sp³-hybridized carbons (Fsp3) is 0.875. The average Bonchev–Trinajstić information content (AvgIpc) is 2.53. The Bertz CT molecular complexity index is 132. The van der Waals surface area contributed by atoms with Crippen molar-refractivity contribution in [2.45, 2.75) is 31.9 Å². The molecule has 3 atom stereocenters. The fourth-order valence-electron chi connectivity index (χ4n) is 1.45. The van der Waals surface area contributed by atoms with E-state index in [1.807, 2.05) is 0 Å². The summed E-state index contributed by atoms with van der Waals surface area (Å²) in [6.45, 7) is 2.71. The first-order chi connectivity index (χ1) is 5.25. The molecule has 64 valence electrons. The molecule has 1 aliphatic heterocycles. The van der Waals surface area contributed by atoms with E-state index in [4.69, 9.17) is 0 Å². The van der Waals surface area contributed by atoms with Crippen LogP contribution in [0.25, 0.3) is 0 Å². The van der Waals surface area contributed by atoms with Crippen molar-refractivity contribution in [3.8, 4) is 0 Å². The molecule has 3 heteroatoms. The van der Waals surface area contributed by atoms with Crippen molar-refractivity contribution < 1.29 is 9.90 Å². The van der Waals surface area contributed by atoms with Crippen molar-refractivity contribution in [1.29, 1.82) is 0 Å². The molecule has 11 heavy (non-hydrogen) atoms. The predicted octanol–water partition coefficient (Wildman–Crippen LogP) is -0.0657. The van der Waals surface area contributed by atoms with Crippen LogP contribution in [-0.2, 0) is 4.79 Å². The average molecular weight is 157 g/mol. The highest BCUT2D eigenvalue weighted by atomic mass is 16.3. The first-order valence-corrected chi connectivity index (χ1v) is 4.12. The van der Waals surface area contributed by atoms with Gasteiger partial charge in [-0.15, -0.1) is 0 Å². The summed E-state index contributed by atoms with van der Waals surface area (Å²) in [5, 5.41) is 12.7. The summed E-state index contributed by atoms with van der Waals surface area (Å²) in [4.78, 5) is 10.3. The number of hydrogen-bond donors (Lipinski definition) is 2. The van der Waals surface area contributed by atoms with Crippen LogP contribution in [0.15, 0.2) is 0 Å². The van der Waals surface area contributed by atoms with Gasteiger partial charge in [0.1, 0.15) is 6.29 Å². The monoisotopic (exact) mass is 157 g/mol. The third-order valence-electron chi connectivity index (χ3n) is 2.26. The molecular formula is C8H15NO2. The van der Waals surface area contributed by atoms with Crippen LogP contribution in [0, 0.1) is 5.92 Å². The van der Waals surface area contributed by atoms with Gasteiger partial charge in [-0.25, -0.2) is 0 Å². The minimum atomic E-state index is -0.505. The van der Waals surface area contributed by atoms with Crippen molar-refractivity contribution in [3.05, 3.63) is 0 Å². The Morgan fingerprint density at radius 2 is 2.45 bits per heavy atom. The van der Waals surface area contributed by atoms with E-state index in [0.717, 1.165) is 25.7 Å². The lowest BCUT2D eigenvalue weighted by molar-refractivity contribution is -0.114. The molecule has 0 aromatic rings. The number of aldehydes is 1. The second-order valence-electron chi connectivity index (χ2n) is 3.19. The normalized spacial score (nSPS) is 29.8. The van der Waals surface area contributed by atoms with Gasteiger partial charge in [-0.1, -0.05) is 6.92 Å². The van der Waals surface area contributed by atoms with Gasteiger partial charge in [0.25, 0.3) is 0 Å². The molecule has 0 amide bonds. The Labute approximate surface area is 66.8 Å². The van der Waals surface area contributed by atoms with E-state index < -0.39 is 6.10 Å². The predicted molar refractivity (Wildman–Crippen MR) is 42.3 cm³/mol. The minimum absolute atomic E-state index is 0.134. The summed E-state index contributed by atoms with van der Waals surface area (Å²) < 4.78 is 0. The van der Waals surface area contributed by atoms with Crippen molar-refractivity contribution in [1.82, 2.24) is 5.32 Å². The van der Waals surface area contributed by atoms with Crippen LogP contribution in [0.5, 0.6) is 0 Å². The van der Waals surface area contributed by atoms with E-state index >= 15 is 0 Å². The molecule has 0 aromatic heterocycles. The highest BCUT2D eigenvalue weighted by Gasteiger charge is 2.26. The van der Waals surface area contributed by atoms with E-state index in [1.54, 1.807) is 6.92 Å². The Hall–Kier alpha value is -0.410. The highest BCUT2D eigenvalue weighted by Crippen LogP contribution is 2.14. The van der Waals surface area contributed by atoms with Crippen LogP contribution in [0.3, 0.4) is 0 Å². The molecule has 1 heterocycles. The largest absolute Gasteiger partial charge is 0.391 e. The van der Waals surface area contributed by atoms with E-state index in [0.29, 0.717) is 0 Å². The number of aliphatic hydroxyl groups is 1. The van der Waals surface area contributed by atoms with Crippen LogP contribution in [0.2, 0.25) is 0 Å². The number of hydrogen-bond acceptors (Lipinski definition) is 3. The molecule has 0 bridgehead atoms. The van der Waals surface area contributed by atoms with Crippen LogP contribution in [0.1, 0.15) is 19.8 Å². The lowest BCUT2D eigenvalue weighted by atomic mass is 9.98. The van der Waals surface area contributed by atoms with Crippen molar-refractivity contribution in [2.75, 3.05) is 6.54 Å². The first kappa shape index (κ1) is 8.68. The van der Waals surface area contributed by atoms with Crippen molar-refractivity contribution >= 4 is 6.29 Å². The SMILES string of the molecule is C[C@@H](C=O)[C@@H](O)[C@@H]1CCCN1. The highest BCUT2D eigenvalue weighted by molar-refractivity contribution is 5.53. The summed E-state index contributed by atoms with van der Waals surface area (Å²) in [6, 6.07) is 0.134. The molecule has 0 unspecified atom stereocenters. The Morgan fingerprint density at radius 3 is 2.91 bits per heavy atom. The summed E-state index contributed by atoms with van der Waals surface area (Å²) in [6.07, 6.45) is 2.40. The molecular weight excluding hydrogens is 142 g/mol. The smallest absolute Gasteiger partial charge is 0.125 e. The van der Waals surface area contributed by atoms with Gasteiger partial charge in [0.2, 0.25) is 0 Å². The van der Waals surface area contributed by atoms with Gasteiger partial charge in [-0.2, -0.15) is 0 Å². The minimum Gasteiger partial charge on any atom is -0.391 e. The van der Waals surface area contributed by atoms with Crippen LogP contribution >= 0.6 is 0 Å². The quantitative estimate of drug-likeness (QED) is 0.564. The van der Waals surface area contributed by atoms with Gasteiger partial charge < -0.3 is 15.2 Å². The molecule has 1 aliphatic rings. The van der Waals surface area contributed by atoms with Gasteiger partial charge in [0.15, 0.2) is 0 Å². The van der Waals surface area contributed by atoms with Gasteiger partial charge in [-0.3, -0.25) is 0 Å². The summed E-state index contributed by atoms with van der Waals surface area (Å²) >= 11 is 0. The molecule has 0 aromatic carbocycles. The van der Waals surface area contributed by atoms with Crippen LogP contribution in [-0.4, -0.2) is 30.1 Å². The molecule has 1 saturated heterocycles. The summed E-state index contributed by atoms with van der Waals surface area (Å²) in [5.74, 6) is -0.245. The zero-order chi connectivity index (χ0) is 8.27. The Kier molecular flexibility index (Phi) is 3.02. The fourth-order valence-corrected chi connectivity index (χ4v) is 1.45. The maximum atomic E-state index is 10.3. The van der Waals surface area contributed by atoms with Crippen LogP contribution < -0.4 is 5.32 Å². The molecule has 0 spiro atoms. The van der Waals surface area contributed by atoms with Gasteiger partial charge >= 0.3 is 0 Å². The van der Waals surface area contributed by atoms with E-state index in [-0.39, 0.29) is 12.0 Å². The third-order valence-corrected chi connectivity index (χ3v) is 2.26. The van der Waals surface area contributed by atoms with Crippen LogP contribution in [0.4, 0.5) is 0 Å². The summed E-state index contributed by atoms with van der Waals surface area (Å²) in [7, 11) is 0. The Balaban J connectivity index is 2.38. The molecule has 0 aliphatic carbocycles. The zero-order valence-corrected chi connectivity index (χ0v) is 6.79. The lowest BCUT2D eigenvalue weighted by Gasteiger charge is -2.20. The maximum absolute atomic E-state index is 10.3. The molecule has 1 fully saturated rings.